The van der Waals surface area contributed by atoms with Gasteiger partial charge >= 0.3 is 7.82 Å². The highest BCUT2D eigenvalue weighted by Crippen LogP contribution is 2.52. The van der Waals surface area contributed by atoms with Crippen molar-refractivity contribution in [1.29, 1.82) is 10.5 Å². The molecule has 0 spiro atoms. The molecule has 8 atom stereocenters. The Labute approximate surface area is 371 Å². The average molecular weight is 913 g/mol. The van der Waals surface area contributed by atoms with Gasteiger partial charge in [-0.3, -0.25) is 13.6 Å². The van der Waals surface area contributed by atoms with Crippen molar-refractivity contribution in [3.05, 3.63) is 48.3 Å². The smallest absolute Gasteiger partial charge is 0.387 e. The molecule has 0 unspecified atom stereocenters. The van der Waals surface area contributed by atoms with Crippen LogP contribution >= 0.6 is 7.82 Å². The highest BCUT2D eigenvalue weighted by Gasteiger charge is 2.59. The van der Waals surface area contributed by atoms with Crippen LogP contribution in [-0.4, -0.2) is 119 Å². The molecule has 2 saturated heterocycles. The van der Waals surface area contributed by atoms with Crippen molar-refractivity contribution < 1.29 is 52.8 Å². The number of aliphatic hydroxyl groups is 4. The summed E-state index contributed by atoms with van der Waals surface area (Å²) >= 11 is 0. The Hall–Kier alpha value is -4.35. The van der Waals surface area contributed by atoms with E-state index >= 15 is 0 Å². The third-order valence-corrected chi connectivity index (χ3v) is 13.3. The summed E-state index contributed by atoms with van der Waals surface area (Å²) in [6.07, 6.45) is 8.22. The number of aromatic nitrogens is 6. The number of rotatable bonds is 27. The Bertz CT molecular complexity index is 2120. The highest BCUT2D eigenvalue weighted by atomic mass is 31.2. The molecule has 0 radical (unpaired) electrons. The van der Waals surface area contributed by atoms with Crippen molar-refractivity contribution in [1.82, 2.24) is 29.2 Å². The van der Waals surface area contributed by atoms with Crippen molar-refractivity contribution >= 4 is 30.5 Å². The summed E-state index contributed by atoms with van der Waals surface area (Å²) in [4.78, 5) is 7.86. The number of hydrogen-bond acceptors (Lipinski definition) is 19. The number of ether oxygens (including phenoxy) is 3. The van der Waals surface area contributed by atoms with E-state index in [2.05, 4.69) is 27.1 Å². The van der Waals surface area contributed by atoms with Gasteiger partial charge in [-0.05, 0) is 43.5 Å². The molecule has 4 aromatic rings. The van der Waals surface area contributed by atoms with E-state index < -0.39 is 68.9 Å². The first-order valence-electron chi connectivity index (χ1n) is 22.1. The second-order valence-electron chi connectivity index (χ2n) is 16.3. The van der Waals surface area contributed by atoms with Crippen LogP contribution in [0.2, 0.25) is 0 Å². The van der Waals surface area contributed by atoms with Crippen molar-refractivity contribution in [3.63, 3.8) is 0 Å². The fourth-order valence-electron chi connectivity index (χ4n) is 8.17. The Morgan fingerprint density at radius 2 is 1.06 bits per heavy atom. The van der Waals surface area contributed by atoms with E-state index in [0.717, 1.165) is 25.5 Å². The van der Waals surface area contributed by atoms with Crippen LogP contribution in [0.1, 0.15) is 108 Å². The first kappa shape index (κ1) is 49.1. The third kappa shape index (κ3) is 10.8. The molecule has 350 valence electrons. The lowest BCUT2D eigenvalue weighted by Gasteiger charge is -2.25. The van der Waals surface area contributed by atoms with Crippen LogP contribution in [0.25, 0.3) is 11.0 Å². The molecule has 0 bridgehead atoms. The summed E-state index contributed by atoms with van der Waals surface area (Å²) in [5.74, 6) is 0.195. The minimum atomic E-state index is -4.66. The van der Waals surface area contributed by atoms with Crippen LogP contribution in [0.4, 0.5) is 11.6 Å². The molecule has 0 amide bonds. The number of phosphoric acid groups is 1. The number of hydrogen-bond donors (Lipinski definition) is 6. The molecule has 2 fully saturated rings. The summed E-state index contributed by atoms with van der Waals surface area (Å²) in [5, 5.41) is 73.6. The van der Waals surface area contributed by atoms with Crippen LogP contribution in [0, 0.1) is 22.7 Å². The van der Waals surface area contributed by atoms with E-state index in [0.29, 0.717) is 37.1 Å². The maximum atomic E-state index is 14.3. The SMILES string of the molecule is CCCCCCCCCCCCCCOCCCCOP(=O)(OC[C@H]1O[C@@](C#N)(c2ccc3c(N)ncnn23)[C@H](O)[C@@H]1O)OC[C@H]1O[C@@](C#N)(c2ccc3c(N)ncnn23)[C@H](O)[C@@H]1O. The van der Waals surface area contributed by atoms with E-state index in [1.807, 2.05) is 12.1 Å². The molecular formula is C42H61N10O11P. The summed E-state index contributed by atoms with van der Waals surface area (Å²) in [6, 6.07) is 9.81. The van der Waals surface area contributed by atoms with Crippen molar-refractivity contribution in [3.8, 4) is 12.1 Å². The minimum Gasteiger partial charge on any atom is -0.387 e. The van der Waals surface area contributed by atoms with Crippen LogP contribution in [0.3, 0.4) is 0 Å². The van der Waals surface area contributed by atoms with Gasteiger partial charge in [0.15, 0.2) is 11.6 Å². The summed E-state index contributed by atoms with van der Waals surface area (Å²) in [5.41, 5.74) is 8.33. The molecule has 8 N–H and O–H groups in total. The molecule has 6 heterocycles. The molecule has 0 aliphatic carbocycles. The number of nitrogen functional groups attached to an aromatic ring is 2. The topological polar surface area (TPSA) is 313 Å². The molecule has 21 nitrogen and oxygen atoms in total. The first-order valence-corrected chi connectivity index (χ1v) is 23.6. The molecule has 2 aliphatic heterocycles. The van der Waals surface area contributed by atoms with Crippen LogP contribution < -0.4 is 11.5 Å². The number of nitrogens with zero attached hydrogens (tertiary/aromatic N) is 8. The van der Waals surface area contributed by atoms with Gasteiger partial charge in [-0.15, -0.1) is 0 Å². The van der Waals surface area contributed by atoms with Crippen molar-refractivity contribution in [2.24, 2.45) is 0 Å². The van der Waals surface area contributed by atoms with Gasteiger partial charge in [0.05, 0.1) is 31.2 Å². The van der Waals surface area contributed by atoms with Gasteiger partial charge in [0, 0.05) is 13.2 Å². The van der Waals surface area contributed by atoms with Crippen LogP contribution in [0.5, 0.6) is 0 Å². The second kappa shape index (κ2) is 22.7. The first-order chi connectivity index (χ1) is 30.9. The van der Waals surface area contributed by atoms with Gasteiger partial charge in [0.2, 0.25) is 11.2 Å². The van der Waals surface area contributed by atoms with Crippen LogP contribution in [0.15, 0.2) is 36.9 Å². The Kier molecular flexibility index (Phi) is 17.4. The minimum absolute atomic E-state index is 0.0432. The van der Waals surface area contributed by atoms with E-state index in [-0.39, 0.29) is 29.6 Å². The Balaban J connectivity index is 1.04. The zero-order valence-corrected chi connectivity index (χ0v) is 37.1. The van der Waals surface area contributed by atoms with Crippen molar-refractivity contribution in [2.45, 2.75) is 145 Å². The normalized spacial score (nSPS) is 25.9. The third-order valence-electron chi connectivity index (χ3n) is 11.8. The number of nitrogens with two attached hydrogens (primary N) is 2. The quantitative estimate of drug-likeness (QED) is 0.0364. The number of phosphoric ester groups is 1. The van der Waals surface area contributed by atoms with Gasteiger partial charge in [0.1, 0.15) is 72.5 Å². The Morgan fingerprint density at radius 3 is 1.50 bits per heavy atom. The number of anilines is 2. The van der Waals surface area contributed by atoms with Gasteiger partial charge < -0.3 is 46.1 Å². The summed E-state index contributed by atoms with van der Waals surface area (Å²) < 4.78 is 51.7. The standard InChI is InChI=1S/C42H61N10O11P/c1-2-3-4-5-6-7-8-9-10-11-12-13-20-58-21-14-15-22-59-64(57,60-23-31-35(53)37(55)41(25-43,62-31)33-18-16-29-39(45)47-27-49-51(29)33)61-24-32-36(54)38(56)42(26-44,63-32)34-19-17-30-40(46)48-28-50-52(30)34/h16-19,27-28,31-32,35-38,53-56H,2-15,20-24H2,1H3,(H2,45,47,49)(H2,46,48,50)/t31-,32-,35-,36-,37-,38-,41+,42+/m1/s1. The lowest BCUT2D eigenvalue weighted by molar-refractivity contribution is -0.0740. The number of nitriles is 2. The van der Waals surface area contributed by atoms with Crippen LogP contribution in [-0.2, 0) is 43.5 Å². The van der Waals surface area contributed by atoms with E-state index in [4.69, 9.17) is 39.2 Å². The molecule has 0 aromatic carbocycles. The van der Waals surface area contributed by atoms with Gasteiger partial charge in [-0.25, -0.2) is 23.6 Å². The lowest BCUT2D eigenvalue weighted by Crippen LogP contribution is -2.41. The summed E-state index contributed by atoms with van der Waals surface area (Å²) in [6.45, 7) is 1.75. The fraction of sp³-hybridized carbons (Fsp3) is 0.667. The fourth-order valence-corrected chi connectivity index (χ4v) is 9.41. The largest absolute Gasteiger partial charge is 0.474 e. The van der Waals surface area contributed by atoms with Crippen molar-refractivity contribution in [2.75, 3.05) is 44.5 Å². The highest BCUT2D eigenvalue weighted by molar-refractivity contribution is 7.48. The maximum absolute atomic E-state index is 14.3. The predicted molar refractivity (Wildman–Crippen MR) is 230 cm³/mol. The van der Waals surface area contributed by atoms with E-state index in [1.165, 1.54) is 97.5 Å². The van der Waals surface area contributed by atoms with Gasteiger partial charge in [0.25, 0.3) is 0 Å². The molecular weight excluding hydrogens is 851 g/mol. The molecule has 6 rings (SSSR count). The molecule has 0 saturated carbocycles. The zero-order chi connectivity index (χ0) is 45.7. The number of aliphatic hydroxyl groups excluding tert-OH is 4. The van der Waals surface area contributed by atoms with E-state index in [1.54, 1.807) is 0 Å². The predicted octanol–water partition coefficient (Wildman–Crippen LogP) is 3.97. The maximum Gasteiger partial charge on any atom is 0.474 e. The number of unbranched alkanes of at least 4 members (excludes halogenated alkanes) is 12. The Morgan fingerprint density at radius 1 is 0.656 bits per heavy atom. The zero-order valence-electron chi connectivity index (χ0n) is 36.2. The summed E-state index contributed by atoms with van der Waals surface area (Å²) in [7, 11) is -4.66. The second-order valence-corrected chi connectivity index (χ2v) is 17.9. The number of fused-ring (bicyclic) bond motifs is 2. The van der Waals surface area contributed by atoms with Gasteiger partial charge in [-0.2, -0.15) is 20.7 Å². The monoisotopic (exact) mass is 912 g/mol. The molecule has 2 aliphatic rings. The molecule has 22 heteroatoms. The average Bonchev–Trinajstić information content (AvgIpc) is 4.06. The molecule has 64 heavy (non-hydrogen) atoms. The van der Waals surface area contributed by atoms with E-state index in [9.17, 15) is 35.5 Å². The molecule has 4 aromatic heterocycles. The lowest BCUT2D eigenvalue weighted by atomic mass is 9.92. The van der Waals surface area contributed by atoms with Gasteiger partial charge in [-0.1, -0.05) is 77.6 Å².